The Kier molecular flexibility index (Phi) is 6.58. The van der Waals surface area contributed by atoms with Gasteiger partial charge in [0.05, 0.1) is 11.3 Å². The summed E-state index contributed by atoms with van der Waals surface area (Å²) in [5, 5.41) is 3.76. The fourth-order valence-corrected chi connectivity index (χ4v) is 3.57. The molecule has 146 valence electrons. The molecule has 3 nitrogen and oxygen atoms in total. The van der Waals surface area contributed by atoms with Crippen LogP contribution in [0, 0.1) is 13.8 Å². The van der Waals surface area contributed by atoms with Crippen molar-refractivity contribution in [2.75, 3.05) is 6.54 Å². The molecule has 4 heteroatoms. The molecule has 0 atom stereocenters. The largest absolute Gasteiger partial charge is 0.352 e. The van der Waals surface area contributed by atoms with Crippen molar-refractivity contribution in [2.24, 2.45) is 0 Å². The minimum Gasteiger partial charge on any atom is -0.352 e. The van der Waals surface area contributed by atoms with Gasteiger partial charge in [0, 0.05) is 22.9 Å². The Morgan fingerprint density at radius 3 is 2.46 bits per heavy atom. The normalized spacial score (nSPS) is 10.9. The lowest BCUT2D eigenvalue weighted by molar-refractivity contribution is 0.0952. The summed E-state index contributed by atoms with van der Waals surface area (Å²) in [6, 6.07) is 18.0. The van der Waals surface area contributed by atoms with Gasteiger partial charge in [-0.25, -0.2) is 0 Å². The highest BCUT2D eigenvalue weighted by atomic mass is 35.5. The summed E-state index contributed by atoms with van der Waals surface area (Å²) in [7, 11) is 0. The van der Waals surface area contributed by atoms with Crippen molar-refractivity contribution in [3.63, 3.8) is 0 Å². The predicted octanol–water partition coefficient (Wildman–Crippen LogP) is 6.33. The van der Waals surface area contributed by atoms with E-state index < -0.39 is 0 Å². The van der Waals surface area contributed by atoms with E-state index in [-0.39, 0.29) is 5.91 Å². The molecule has 28 heavy (non-hydrogen) atoms. The highest BCUT2D eigenvalue weighted by Crippen LogP contribution is 2.30. The molecule has 0 spiro atoms. The van der Waals surface area contributed by atoms with Gasteiger partial charge < -0.3 is 9.88 Å². The summed E-state index contributed by atoms with van der Waals surface area (Å²) >= 11 is 6.08. The van der Waals surface area contributed by atoms with Gasteiger partial charge >= 0.3 is 0 Å². The van der Waals surface area contributed by atoms with E-state index in [4.69, 9.17) is 11.6 Å². The fourth-order valence-electron chi connectivity index (χ4n) is 3.44. The second-order valence-electron chi connectivity index (χ2n) is 7.17. The smallest absolute Gasteiger partial charge is 0.253 e. The van der Waals surface area contributed by atoms with Gasteiger partial charge in [-0.2, -0.15) is 0 Å². The number of benzene rings is 2. The first-order valence-electron chi connectivity index (χ1n) is 9.84. The van der Waals surface area contributed by atoms with Crippen LogP contribution in [0.1, 0.15) is 47.8 Å². The molecule has 0 aliphatic carbocycles. The molecule has 2 aromatic carbocycles. The summed E-state index contributed by atoms with van der Waals surface area (Å²) in [5.41, 5.74) is 5.88. The van der Waals surface area contributed by atoms with E-state index in [0.29, 0.717) is 17.1 Å². The molecular formula is C24H27ClN2O. The third-order valence-corrected chi connectivity index (χ3v) is 5.21. The van der Waals surface area contributed by atoms with Crippen molar-refractivity contribution in [1.29, 1.82) is 0 Å². The zero-order chi connectivity index (χ0) is 20.1. The van der Waals surface area contributed by atoms with Crippen molar-refractivity contribution >= 4 is 17.5 Å². The minimum atomic E-state index is -0.0183. The molecule has 0 saturated carbocycles. The van der Waals surface area contributed by atoms with Crippen molar-refractivity contribution in [1.82, 2.24) is 9.88 Å². The van der Waals surface area contributed by atoms with Gasteiger partial charge in [-0.15, -0.1) is 0 Å². The van der Waals surface area contributed by atoms with Gasteiger partial charge in [-0.3, -0.25) is 4.79 Å². The van der Waals surface area contributed by atoms with Crippen LogP contribution in [0.4, 0.5) is 0 Å². The van der Waals surface area contributed by atoms with Crippen LogP contribution >= 0.6 is 11.6 Å². The van der Waals surface area contributed by atoms with Gasteiger partial charge in [0.2, 0.25) is 0 Å². The lowest BCUT2D eigenvalue weighted by atomic mass is 10.1. The lowest BCUT2D eigenvalue weighted by Gasteiger charge is -2.13. The number of rotatable bonds is 7. The Morgan fingerprint density at radius 2 is 1.79 bits per heavy atom. The third-order valence-electron chi connectivity index (χ3n) is 4.96. The molecule has 1 N–H and O–H groups in total. The molecule has 1 aromatic heterocycles. The number of halogens is 1. The first-order valence-corrected chi connectivity index (χ1v) is 10.2. The maximum absolute atomic E-state index is 12.8. The third kappa shape index (κ3) is 4.48. The molecule has 0 aliphatic rings. The van der Waals surface area contributed by atoms with Crippen LogP contribution in [0.5, 0.6) is 0 Å². The van der Waals surface area contributed by atoms with Crippen LogP contribution < -0.4 is 5.32 Å². The maximum atomic E-state index is 12.8. The van der Waals surface area contributed by atoms with Crippen LogP contribution in [0.25, 0.3) is 16.9 Å². The number of carbonyl (C=O) groups is 1. The molecule has 0 saturated heterocycles. The van der Waals surface area contributed by atoms with Crippen LogP contribution in [0.2, 0.25) is 5.02 Å². The van der Waals surface area contributed by atoms with Gasteiger partial charge in [-0.1, -0.05) is 55.6 Å². The molecule has 3 aromatic rings. The Balaban J connectivity index is 2.04. The van der Waals surface area contributed by atoms with Crippen LogP contribution in [0.3, 0.4) is 0 Å². The number of nitrogens with zero attached hydrogens (tertiary/aromatic N) is 1. The van der Waals surface area contributed by atoms with E-state index in [1.807, 2.05) is 43.3 Å². The van der Waals surface area contributed by atoms with Crippen molar-refractivity contribution in [2.45, 2.75) is 40.0 Å². The van der Waals surface area contributed by atoms with Crippen molar-refractivity contribution < 1.29 is 4.79 Å². The molecule has 1 heterocycles. The SMILES string of the molecule is CCCCCNC(=O)c1cc(-c2ccc(Cl)cc2)n(-c2cccc(C)c2)c1C. The highest BCUT2D eigenvalue weighted by Gasteiger charge is 2.19. The first kappa shape index (κ1) is 20.2. The van der Waals surface area contributed by atoms with Crippen LogP contribution in [-0.2, 0) is 0 Å². The second kappa shape index (κ2) is 9.11. The molecular weight excluding hydrogens is 368 g/mol. The van der Waals surface area contributed by atoms with E-state index in [0.717, 1.165) is 41.9 Å². The number of amides is 1. The fraction of sp³-hybridized carbons (Fsp3) is 0.292. The number of unbranched alkanes of at least 4 members (excludes halogenated alkanes) is 2. The van der Waals surface area contributed by atoms with E-state index in [2.05, 4.69) is 41.9 Å². The van der Waals surface area contributed by atoms with Gasteiger partial charge in [0.15, 0.2) is 0 Å². The topological polar surface area (TPSA) is 34.0 Å². The zero-order valence-electron chi connectivity index (χ0n) is 16.8. The second-order valence-corrected chi connectivity index (χ2v) is 7.61. The highest BCUT2D eigenvalue weighted by molar-refractivity contribution is 6.30. The monoisotopic (exact) mass is 394 g/mol. The number of hydrogen-bond donors (Lipinski definition) is 1. The van der Waals surface area contributed by atoms with Crippen LogP contribution in [-0.4, -0.2) is 17.0 Å². The summed E-state index contributed by atoms with van der Waals surface area (Å²) in [6.07, 6.45) is 3.27. The first-order chi connectivity index (χ1) is 13.5. The Bertz CT molecular complexity index is 957. The predicted molar refractivity (Wildman–Crippen MR) is 118 cm³/mol. The summed E-state index contributed by atoms with van der Waals surface area (Å²) < 4.78 is 2.15. The standard InChI is InChI=1S/C24H27ClN2O/c1-4-5-6-14-26-24(28)22-16-23(19-10-12-20(25)13-11-19)27(18(22)3)21-9-7-8-17(2)15-21/h7-13,15-16H,4-6,14H2,1-3H3,(H,26,28). The van der Waals surface area contributed by atoms with Gasteiger partial charge in [0.1, 0.15) is 0 Å². The number of aromatic nitrogens is 1. The zero-order valence-corrected chi connectivity index (χ0v) is 17.5. The number of nitrogens with one attached hydrogen (secondary N) is 1. The van der Waals surface area contributed by atoms with E-state index in [9.17, 15) is 4.79 Å². The number of carbonyl (C=O) groups excluding carboxylic acids is 1. The molecule has 0 fully saturated rings. The summed E-state index contributed by atoms with van der Waals surface area (Å²) in [4.78, 5) is 12.8. The Morgan fingerprint density at radius 1 is 1.04 bits per heavy atom. The molecule has 0 radical (unpaired) electrons. The van der Waals surface area contributed by atoms with Crippen molar-refractivity contribution in [3.8, 4) is 16.9 Å². The Hall–Kier alpha value is -2.52. The summed E-state index contributed by atoms with van der Waals surface area (Å²) in [6.45, 7) is 6.94. The molecule has 3 rings (SSSR count). The average Bonchev–Trinajstić information content (AvgIpc) is 3.03. The molecule has 0 unspecified atom stereocenters. The quantitative estimate of drug-likeness (QED) is 0.466. The molecule has 0 bridgehead atoms. The average molecular weight is 395 g/mol. The number of hydrogen-bond acceptors (Lipinski definition) is 1. The lowest BCUT2D eigenvalue weighted by Crippen LogP contribution is -2.24. The van der Waals surface area contributed by atoms with E-state index in [1.54, 1.807) is 0 Å². The Labute approximate surface area is 172 Å². The van der Waals surface area contributed by atoms with Crippen LogP contribution in [0.15, 0.2) is 54.6 Å². The maximum Gasteiger partial charge on any atom is 0.253 e. The van der Waals surface area contributed by atoms with Crippen molar-refractivity contribution in [3.05, 3.63) is 76.4 Å². The van der Waals surface area contributed by atoms with E-state index in [1.165, 1.54) is 5.56 Å². The molecule has 0 aliphatic heterocycles. The van der Waals surface area contributed by atoms with Gasteiger partial charge in [-0.05, 0) is 61.7 Å². The van der Waals surface area contributed by atoms with E-state index >= 15 is 0 Å². The number of aryl methyl sites for hydroxylation is 1. The molecule has 1 amide bonds. The van der Waals surface area contributed by atoms with Gasteiger partial charge in [0.25, 0.3) is 5.91 Å². The summed E-state index contributed by atoms with van der Waals surface area (Å²) in [5.74, 6) is -0.0183. The minimum absolute atomic E-state index is 0.0183.